The number of benzene rings is 2. The minimum Gasteiger partial charge on any atom is -0.278 e. The molecule has 108 valence electrons. The van der Waals surface area contributed by atoms with Crippen LogP contribution in [0.1, 0.15) is 5.56 Å². The van der Waals surface area contributed by atoms with Crippen LogP contribution in [0.3, 0.4) is 0 Å². The topological polar surface area (TPSA) is 70.0 Å². The van der Waals surface area contributed by atoms with Crippen LogP contribution >= 0.6 is 11.6 Å². The second-order valence-corrected chi connectivity index (χ2v) is 6.01. The second kappa shape index (κ2) is 5.68. The van der Waals surface area contributed by atoms with Crippen LogP contribution in [0.2, 0.25) is 5.02 Å². The molecular formula is C13H7ClF2N2O2S. The molecule has 0 amide bonds. The first-order valence-electron chi connectivity index (χ1n) is 5.51. The molecule has 21 heavy (non-hydrogen) atoms. The number of nitrogens with zero attached hydrogens (tertiary/aromatic N) is 1. The van der Waals surface area contributed by atoms with Crippen molar-refractivity contribution in [2.24, 2.45) is 0 Å². The van der Waals surface area contributed by atoms with Gasteiger partial charge in [0.05, 0.1) is 10.7 Å². The monoisotopic (exact) mass is 328 g/mol. The fraction of sp³-hybridized carbons (Fsp3) is 0. The van der Waals surface area contributed by atoms with Crippen LogP contribution < -0.4 is 4.72 Å². The largest absolute Gasteiger partial charge is 0.278 e. The maximum absolute atomic E-state index is 13.5. The van der Waals surface area contributed by atoms with Gasteiger partial charge in [-0.15, -0.1) is 0 Å². The van der Waals surface area contributed by atoms with E-state index in [9.17, 15) is 17.2 Å². The molecular weight excluding hydrogens is 322 g/mol. The zero-order chi connectivity index (χ0) is 15.6. The molecule has 0 saturated heterocycles. The van der Waals surface area contributed by atoms with Gasteiger partial charge >= 0.3 is 0 Å². The molecule has 2 rings (SSSR count). The molecule has 8 heteroatoms. The number of anilines is 1. The van der Waals surface area contributed by atoms with Gasteiger partial charge in [-0.1, -0.05) is 17.7 Å². The summed E-state index contributed by atoms with van der Waals surface area (Å²) in [6.45, 7) is 0. The predicted octanol–water partition coefficient (Wildman–Crippen LogP) is 3.29. The molecule has 0 radical (unpaired) electrons. The van der Waals surface area contributed by atoms with Crippen molar-refractivity contribution >= 4 is 27.3 Å². The smallest absolute Gasteiger partial charge is 0.263 e. The molecule has 0 atom stereocenters. The van der Waals surface area contributed by atoms with Gasteiger partial charge in [0, 0.05) is 0 Å². The molecule has 0 aliphatic rings. The van der Waals surface area contributed by atoms with E-state index in [0.29, 0.717) is 0 Å². The van der Waals surface area contributed by atoms with E-state index < -0.39 is 32.1 Å². The lowest BCUT2D eigenvalue weighted by Crippen LogP contribution is -2.15. The average molecular weight is 329 g/mol. The van der Waals surface area contributed by atoms with Gasteiger partial charge in [0.1, 0.15) is 28.2 Å². The lowest BCUT2D eigenvalue weighted by molar-refractivity contribution is 0.593. The molecule has 0 saturated carbocycles. The molecule has 0 aliphatic carbocycles. The first-order valence-corrected chi connectivity index (χ1v) is 7.38. The normalized spacial score (nSPS) is 11.0. The Kier molecular flexibility index (Phi) is 4.11. The highest BCUT2D eigenvalue weighted by Gasteiger charge is 2.22. The number of sulfonamides is 1. The van der Waals surface area contributed by atoms with Gasteiger partial charge in [0.25, 0.3) is 10.0 Å². The first-order chi connectivity index (χ1) is 9.85. The third kappa shape index (κ3) is 3.12. The maximum Gasteiger partial charge on any atom is 0.263 e. The Hall–Kier alpha value is -2.17. The summed E-state index contributed by atoms with van der Waals surface area (Å²) >= 11 is 5.72. The SMILES string of the molecule is N#Cc1c(F)cccc1S(=O)(=O)Nc1ccc(F)cc1Cl. The van der Waals surface area contributed by atoms with E-state index in [-0.39, 0.29) is 10.7 Å². The quantitative estimate of drug-likeness (QED) is 0.939. The van der Waals surface area contributed by atoms with E-state index in [0.717, 1.165) is 36.4 Å². The van der Waals surface area contributed by atoms with Crippen molar-refractivity contribution in [3.8, 4) is 6.07 Å². The minimum absolute atomic E-state index is 0.0776. The molecule has 0 aliphatic heterocycles. The summed E-state index contributed by atoms with van der Waals surface area (Å²) < 4.78 is 52.8. The fourth-order valence-corrected chi connectivity index (χ4v) is 3.13. The third-order valence-electron chi connectivity index (χ3n) is 2.55. The highest BCUT2D eigenvalue weighted by molar-refractivity contribution is 7.92. The van der Waals surface area contributed by atoms with Crippen LogP contribution in [0.15, 0.2) is 41.3 Å². The zero-order valence-corrected chi connectivity index (χ0v) is 11.8. The molecule has 0 heterocycles. The summed E-state index contributed by atoms with van der Waals surface area (Å²) in [5.74, 6) is -1.59. The summed E-state index contributed by atoms with van der Waals surface area (Å²) in [7, 11) is -4.23. The Labute approximate surface area is 124 Å². The number of halogens is 3. The molecule has 2 aromatic carbocycles. The van der Waals surface area contributed by atoms with E-state index in [1.165, 1.54) is 6.07 Å². The zero-order valence-electron chi connectivity index (χ0n) is 10.3. The molecule has 0 bridgehead atoms. The van der Waals surface area contributed by atoms with Crippen LogP contribution in [-0.2, 0) is 10.0 Å². The van der Waals surface area contributed by atoms with Crippen LogP contribution in [0.5, 0.6) is 0 Å². The third-order valence-corrected chi connectivity index (χ3v) is 4.27. The Bertz CT molecular complexity index is 848. The van der Waals surface area contributed by atoms with E-state index in [2.05, 4.69) is 4.72 Å². The molecule has 0 spiro atoms. The number of hydrogen-bond acceptors (Lipinski definition) is 3. The van der Waals surface area contributed by atoms with E-state index in [1.807, 2.05) is 0 Å². The van der Waals surface area contributed by atoms with Crippen LogP contribution in [0.4, 0.5) is 14.5 Å². The Morgan fingerprint density at radius 3 is 2.52 bits per heavy atom. The van der Waals surface area contributed by atoms with Crippen LogP contribution in [0.25, 0.3) is 0 Å². The van der Waals surface area contributed by atoms with Crippen molar-refractivity contribution in [2.75, 3.05) is 4.72 Å². The summed E-state index contributed by atoms with van der Waals surface area (Å²) in [5, 5.41) is 8.70. The van der Waals surface area contributed by atoms with Gasteiger partial charge in [0.2, 0.25) is 0 Å². The molecule has 0 aromatic heterocycles. The summed E-state index contributed by atoms with van der Waals surface area (Å²) in [4.78, 5) is -0.523. The summed E-state index contributed by atoms with van der Waals surface area (Å²) in [5.41, 5.74) is -0.686. The number of nitriles is 1. The lowest BCUT2D eigenvalue weighted by Gasteiger charge is -2.11. The van der Waals surface area contributed by atoms with E-state index in [1.54, 1.807) is 0 Å². The number of rotatable bonds is 3. The van der Waals surface area contributed by atoms with Gasteiger partial charge in [0.15, 0.2) is 0 Å². The van der Waals surface area contributed by atoms with Crippen molar-refractivity contribution in [1.82, 2.24) is 0 Å². The van der Waals surface area contributed by atoms with Crippen molar-refractivity contribution < 1.29 is 17.2 Å². The number of hydrogen-bond donors (Lipinski definition) is 1. The molecule has 0 unspecified atom stereocenters. The highest BCUT2D eigenvalue weighted by Crippen LogP contribution is 2.26. The standard InChI is InChI=1S/C13H7ClF2N2O2S/c14-10-6-8(15)4-5-12(10)18-21(19,20)13-3-1-2-11(16)9(13)7-17/h1-6,18H. The Balaban J connectivity index is 2.49. The van der Waals surface area contributed by atoms with Gasteiger partial charge in [-0.25, -0.2) is 17.2 Å². The van der Waals surface area contributed by atoms with Gasteiger partial charge < -0.3 is 0 Å². The van der Waals surface area contributed by atoms with Crippen molar-refractivity contribution in [3.05, 3.63) is 58.6 Å². The van der Waals surface area contributed by atoms with Gasteiger partial charge in [-0.2, -0.15) is 5.26 Å². The molecule has 0 fully saturated rings. The fourth-order valence-electron chi connectivity index (χ4n) is 1.61. The predicted molar refractivity (Wildman–Crippen MR) is 73.3 cm³/mol. The first kappa shape index (κ1) is 15.2. The van der Waals surface area contributed by atoms with Crippen LogP contribution in [0, 0.1) is 23.0 Å². The summed E-state index contributed by atoms with van der Waals surface area (Å²) in [6.07, 6.45) is 0. The van der Waals surface area contributed by atoms with Crippen LogP contribution in [-0.4, -0.2) is 8.42 Å². The number of nitrogens with one attached hydrogen (secondary N) is 1. The Morgan fingerprint density at radius 1 is 1.19 bits per heavy atom. The minimum atomic E-state index is -4.23. The maximum atomic E-state index is 13.5. The average Bonchev–Trinajstić information content (AvgIpc) is 2.41. The van der Waals surface area contributed by atoms with Gasteiger partial charge in [-0.05, 0) is 30.3 Å². The van der Waals surface area contributed by atoms with Crippen molar-refractivity contribution in [3.63, 3.8) is 0 Å². The van der Waals surface area contributed by atoms with E-state index >= 15 is 0 Å². The van der Waals surface area contributed by atoms with Crippen molar-refractivity contribution in [2.45, 2.75) is 4.90 Å². The van der Waals surface area contributed by atoms with Gasteiger partial charge in [-0.3, -0.25) is 4.72 Å². The molecule has 1 N–H and O–H groups in total. The second-order valence-electron chi connectivity index (χ2n) is 3.95. The Morgan fingerprint density at radius 2 is 1.90 bits per heavy atom. The lowest BCUT2D eigenvalue weighted by atomic mass is 10.2. The van der Waals surface area contributed by atoms with E-state index in [4.69, 9.17) is 16.9 Å². The summed E-state index contributed by atoms with van der Waals surface area (Å²) in [6, 6.07) is 7.78. The molecule has 4 nitrogen and oxygen atoms in total. The molecule has 2 aromatic rings. The van der Waals surface area contributed by atoms with Crippen molar-refractivity contribution in [1.29, 1.82) is 5.26 Å². The highest BCUT2D eigenvalue weighted by atomic mass is 35.5.